The Morgan fingerprint density at radius 1 is 0.821 bits per heavy atom. The first kappa shape index (κ1) is 22.7. The first-order valence-electron chi connectivity index (χ1n) is 14.2. The molecule has 190 valence electrons. The van der Waals surface area contributed by atoms with Gasteiger partial charge in [-0.25, -0.2) is 0 Å². The van der Waals surface area contributed by atoms with Crippen LogP contribution in [0.2, 0.25) is 0 Å². The van der Waals surface area contributed by atoms with E-state index in [1.807, 2.05) is 0 Å². The van der Waals surface area contributed by atoms with E-state index in [0.29, 0.717) is 11.8 Å². The van der Waals surface area contributed by atoms with Crippen LogP contribution in [0.5, 0.6) is 0 Å². The maximum absolute atomic E-state index is 6.25. The Labute approximate surface area is 229 Å². The summed E-state index contributed by atoms with van der Waals surface area (Å²) in [5.41, 5.74) is 10.5. The second kappa shape index (κ2) is 8.88. The second-order valence-electron chi connectivity index (χ2n) is 11.3. The minimum Gasteiger partial charge on any atom is -0.485 e. The number of hydrogen-bond acceptors (Lipinski definition) is 1. The molecule has 2 heterocycles. The largest absolute Gasteiger partial charge is 0.485 e. The number of fused-ring (bicyclic) bond motifs is 5. The van der Waals surface area contributed by atoms with E-state index >= 15 is 0 Å². The van der Waals surface area contributed by atoms with Crippen LogP contribution in [0, 0.1) is 11.8 Å². The molecule has 2 nitrogen and oxygen atoms in total. The van der Waals surface area contributed by atoms with Crippen molar-refractivity contribution in [2.24, 2.45) is 11.8 Å². The van der Waals surface area contributed by atoms with Crippen molar-refractivity contribution in [3.8, 4) is 5.69 Å². The van der Waals surface area contributed by atoms with Gasteiger partial charge < -0.3 is 9.30 Å². The zero-order chi connectivity index (χ0) is 25.9. The van der Waals surface area contributed by atoms with Gasteiger partial charge in [0.05, 0.1) is 11.0 Å². The van der Waals surface area contributed by atoms with Crippen LogP contribution in [-0.4, -0.2) is 10.7 Å². The van der Waals surface area contributed by atoms with E-state index in [-0.39, 0.29) is 6.10 Å². The molecule has 3 atom stereocenters. The number of nitrogens with zero attached hydrogens (tertiary/aromatic N) is 1. The molecule has 0 spiro atoms. The second-order valence-corrected chi connectivity index (χ2v) is 11.3. The highest BCUT2D eigenvalue weighted by Crippen LogP contribution is 2.43. The highest BCUT2D eigenvalue weighted by Gasteiger charge is 2.35. The van der Waals surface area contributed by atoms with E-state index in [2.05, 4.69) is 127 Å². The fourth-order valence-electron chi connectivity index (χ4n) is 6.95. The summed E-state index contributed by atoms with van der Waals surface area (Å²) < 4.78 is 8.66. The van der Waals surface area contributed by atoms with Crippen LogP contribution in [-0.2, 0) is 4.74 Å². The maximum Gasteiger partial charge on any atom is 0.127 e. The van der Waals surface area contributed by atoms with Gasteiger partial charge in [-0.3, -0.25) is 0 Å². The molecule has 3 aliphatic carbocycles. The summed E-state index contributed by atoms with van der Waals surface area (Å²) >= 11 is 0. The lowest BCUT2D eigenvalue weighted by Crippen LogP contribution is -2.18. The Morgan fingerprint density at radius 2 is 1.62 bits per heavy atom. The number of ether oxygens (including phenoxy) is 1. The van der Waals surface area contributed by atoms with Crippen molar-refractivity contribution in [2.45, 2.75) is 32.3 Å². The van der Waals surface area contributed by atoms with Gasteiger partial charge in [-0.1, -0.05) is 85.8 Å². The van der Waals surface area contributed by atoms with Gasteiger partial charge in [0.25, 0.3) is 0 Å². The summed E-state index contributed by atoms with van der Waals surface area (Å²) in [5.74, 6) is 1.96. The molecule has 0 amide bonds. The van der Waals surface area contributed by atoms with Gasteiger partial charge in [0.15, 0.2) is 0 Å². The van der Waals surface area contributed by atoms with Crippen LogP contribution in [0.3, 0.4) is 0 Å². The zero-order valence-electron chi connectivity index (χ0n) is 22.2. The molecule has 0 saturated heterocycles. The van der Waals surface area contributed by atoms with Crippen LogP contribution in [0.1, 0.15) is 31.7 Å². The molecular weight excluding hydrogens is 474 g/mol. The SMILES string of the molecule is CC1C=C(c2cccc(-n3c4ccccc4c4ccccc43)c2)C=C(C2=CC3C4=C(C=CCC4)O[C@H]3C=C2)C1. The maximum atomic E-state index is 6.25. The quantitative estimate of drug-likeness (QED) is 0.271. The fraction of sp³-hybridized carbons (Fsp3) is 0.189. The van der Waals surface area contributed by atoms with Crippen molar-refractivity contribution in [2.75, 3.05) is 0 Å². The smallest absolute Gasteiger partial charge is 0.127 e. The molecule has 3 aromatic carbocycles. The molecule has 8 rings (SSSR count). The number of rotatable bonds is 3. The highest BCUT2D eigenvalue weighted by molar-refractivity contribution is 6.09. The van der Waals surface area contributed by atoms with Crippen molar-refractivity contribution >= 4 is 27.4 Å². The van der Waals surface area contributed by atoms with Gasteiger partial charge >= 0.3 is 0 Å². The van der Waals surface area contributed by atoms with Crippen molar-refractivity contribution in [1.82, 2.24) is 4.57 Å². The van der Waals surface area contributed by atoms with Gasteiger partial charge in [-0.2, -0.15) is 0 Å². The number of hydrogen-bond donors (Lipinski definition) is 0. The molecule has 2 heteroatoms. The lowest BCUT2D eigenvalue weighted by atomic mass is 9.80. The molecule has 0 radical (unpaired) electrons. The molecule has 0 saturated carbocycles. The molecular formula is C37H31NO. The van der Waals surface area contributed by atoms with E-state index in [4.69, 9.17) is 4.74 Å². The minimum absolute atomic E-state index is 0.154. The Kier molecular flexibility index (Phi) is 5.16. The number of para-hydroxylation sites is 2. The molecule has 4 aliphatic rings. The molecule has 0 bridgehead atoms. The molecule has 1 aromatic heterocycles. The van der Waals surface area contributed by atoms with Crippen LogP contribution in [0.4, 0.5) is 0 Å². The van der Waals surface area contributed by atoms with Crippen LogP contribution in [0.15, 0.2) is 138 Å². The van der Waals surface area contributed by atoms with Crippen molar-refractivity contribution in [3.05, 3.63) is 143 Å². The fourth-order valence-corrected chi connectivity index (χ4v) is 6.95. The van der Waals surface area contributed by atoms with Gasteiger partial charge in [0.2, 0.25) is 0 Å². The summed E-state index contributed by atoms with van der Waals surface area (Å²) in [6.07, 6.45) is 19.8. The Bertz CT molecular complexity index is 1780. The van der Waals surface area contributed by atoms with E-state index in [1.54, 1.807) is 0 Å². The molecule has 1 aliphatic heterocycles. The van der Waals surface area contributed by atoms with E-state index in [9.17, 15) is 0 Å². The molecule has 39 heavy (non-hydrogen) atoms. The zero-order valence-corrected chi connectivity index (χ0v) is 22.2. The predicted molar refractivity (Wildman–Crippen MR) is 162 cm³/mol. The summed E-state index contributed by atoms with van der Waals surface area (Å²) in [6.45, 7) is 2.34. The van der Waals surface area contributed by atoms with Crippen molar-refractivity contribution < 1.29 is 4.74 Å². The summed E-state index contributed by atoms with van der Waals surface area (Å²) in [7, 11) is 0. The molecule has 0 fully saturated rings. The lowest BCUT2D eigenvalue weighted by molar-refractivity contribution is 0.173. The average molecular weight is 506 g/mol. The summed E-state index contributed by atoms with van der Waals surface area (Å²) in [4.78, 5) is 0. The highest BCUT2D eigenvalue weighted by atomic mass is 16.5. The van der Waals surface area contributed by atoms with Crippen molar-refractivity contribution in [3.63, 3.8) is 0 Å². The third-order valence-corrected chi connectivity index (χ3v) is 8.73. The first-order valence-corrected chi connectivity index (χ1v) is 14.2. The summed E-state index contributed by atoms with van der Waals surface area (Å²) in [5, 5.41) is 2.59. The van der Waals surface area contributed by atoms with Crippen LogP contribution < -0.4 is 0 Å². The third kappa shape index (κ3) is 3.70. The molecule has 4 aromatic rings. The van der Waals surface area contributed by atoms with Crippen molar-refractivity contribution in [1.29, 1.82) is 0 Å². The van der Waals surface area contributed by atoms with E-state index < -0.39 is 0 Å². The number of allylic oxidation sites excluding steroid dienone is 8. The van der Waals surface area contributed by atoms with E-state index in [1.165, 1.54) is 55.3 Å². The first-order chi connectivity index (χ1) is 19.2. The third-order valence-electron chi connectivity index (χ3n) is 8.73. The minimum atomic E-state index is 0.154. The monoisotopic (exact) mass is 505 g/mol. The lowest BCUT2D eigenvalue weighted by Gasteiger charge is -2.25. The van der Waals surface area contributed by atoms with E-state index in [0.717, 1.165) is 25.0 Å². The topological polar surface area (TPSA) is 14.2 Å². The Morgan fingerprint density at radius 3 is 2.44 bits per heavy atom. The Balaban J connectivity index is 1.19. The number of benzene rings is 3. The van der Waals surface area contributed by atoms with Crippen LogP contribution in [0.25, 0.3) is 33.1 Å². The normalized spacial score (nSPS) is 23.8. The van der Waals surface area contributed by atoms with Crippen LogP contribution >= 0.6 is 0 Å². The number of aromatic nitrogens is 1. The standard InChI is InChI=1S/C37H31NO/c1-24-19-27(21-28(20-24)26-17-18-37-33(23-26)32-13-4-7-16-36(32)39-37)25-9-8-10-29(22-25)38-34-14-5-2-11-30(34)31-12-3-6-15-35(31)38/h2-3,5-12,14-19,21-24,33,37H,4,13,20H2,1H3/t24?,33?,37-/m0/s1. The Hall–Kier alpha value is -4.30. The van der Waals surface area contributed by atoms with Gasteiger partial charge in [0, 0.05) is 22.4 Å². The summed E-state index contributed by atoms with van der Waals surface area (Å²) in [6, 6.07) is 26.5. The predicted octanol–water partition coefficient (Wildman–Crippen LogP) is 9.25. The molecule has 0 N–H and O–H groups in total. The van der Waals surface area contributed by atoms with Gasteiger partial charge in [0.1, 0.15) is 11.9 Å². The van der Waals surface area contributed by atoms with Gasteiger partial charge in [-0.15, -0.1) is 0 Å². The average Bonchev–Trinajstić information content (AvgIpc) is 3.52. The van der Waals surface area contributed by atoms with Gasteiger partial charge in [-0.05, 0) is 89.5 Å². The molecule has 2 unspecified atom stereocenters.